The first-order valence-corrected chi connectivity index (χ1v) is 15.7. The van der Waals surface area contributed by atoms with E-state index in [2.05, 4.69) is 47.7 Å². The number of halogens is 1. The molecule has 10 nitrogen and oxygen atoms in total. The average molecular weight is 603 g/mol. The molecule has 2 heterocycles. The molecule has 11 heteroatoms. The summed E-state index contributed by atoms with van der Waals surface area (Å²) in [5.74, 6) is 1.26. The van der Waals surface area contributed by atoms with Crippen molar-refractivity contribution < 1.29 is 14.2 Å². The van der Waals surface area contributed by atoms with Crippen molar-refractivity contribution in [3.05, 3.63) is 74.6 Å². The van der Waals surface area contributed by atoms with Crippen LogP contribution in [-0.4, -0.2) is 85.1 Å². The fourth-order valence-corrected chi connectivity index (χ4v) is 5.48. The highest BCUT2D eigenvalue weighted by molar-refractivity contribution is 5.51. The third-order valence-corrected chi connectivity index (χ3v) is 8.36. The molecular formula is C32H51FN6O4. The van der Waals surface area contributed by atoms with Crippen LogP contribution in [0.2, 0.25) is 0 Å². The summed E-state index contributed by atoms with van der Waals surface area (Å²) in [4.78, 5) is 27.1. The average Bonchev–Trinajstić information content (AvgIpc) is 3.04. The minimum Gasteiger partial charge on any atom is -0.372 e. The van der Waals surface area contributed by atoms with Gasteiger partial charge in [0.2, 0.25) is 0 Å². The second-order valence-corrected chi connectivity index (χ2v) is 11.1. The summed E-state index contributed by atoms with van der Waals surface area (Å²) in [5.41, 5.74) is 1.17. The van der Waals surface area contributed by atoms with Crippen LogP contribution in [0.4, 0.5) is 21.5 Å². The minimum atomic E-state index is -0.570. The zero-order chi connectivity index (χ0) is 31.6. The molecule has 2 aliphatic rings. The van der Waals surface area contributed by atoms with Crippen molar-refractivity contribution >= 4 is 17.1 Å². The molecular weight excluding hydrogens is 551 g/mol. The maximum Gasteiger partial charge on any atom is 0.269 e. The zero-order valence-electron chi connectivity index (χ0n) is 26.4. The molecule has 0 unspecified atom stereocenters. The Labute approximate surface area is 256 Å². The molecule has 1 N–H and O–H groups in total. The lowest BCUT2D eigenvalue weighted by atomic mass is 9.95. The third-order valence-electron chi connectivity index (χ3n) is 8.36. The second kappa shape index (κ2) is 19.9. The molecule has 0 aliphatic carbocycles. The van der Waals surface area contributed by atoms with Crippen molar-refractivity contribution in [2.75, 3.05) is 70.3 Å². The summed E-state index contributed by atoms with van der Waals surface area (Å²) >= 11 is 0. The second-order valence-electron chi connectivity index (χ2n) is 11.1. The van der Waals surface area contributed by atoms with E-state index in [0.717, 1.165) is 68.0 Å². The molecule has 2 aromatic rings. The molecule has 4 rings (SSSR count). The zero-order valence-corrected chi connectivity index (χ0v) is 26.4. The van der Waals surface area contributed by atoms with Gasteiger partial charge in [0.15, 0.2) is 0 Å². The Morgan fingerprint density at radius 3 is 1.51 bits per heavy atom. The summed E-state index contributed by atoms with van der Waals surface area (Å²) in [5, 5.41) is 24.1. The summed E-state index contributed by atoms with van der Waals surface area (Å²) in [7, 11) is 0. The Hall–Kier alpha value is -3.15. The van der Waals surface area contributed by atoms with Crippen LogP contribution in [0.15, 0.2) is 48.5 Å². The number of rotatable bonds is 11. The van der Waals surface area contributed by atoms with Gasteiger partial charge in [-0.05, 0) is 101 Å². The Kier molecular flexibility index (Phi) is 16.7. The maximum atomic E-state index is 12.1. The van der Waals surface area contributed by atoms with Crippen molar-refractivity contribution in [3.8, 4) is 0 Å². The molecule has 240 valence electrons. The van der Waals surface area contributed by atoms with Crippen molar-refractivity contribution in [3.63, 3.8) is 0 Å². The number of nitro groups is 2. The molecule has 0 amide bonds. The van der Waals surface area contributed by atoms with Gasteiger partial charge < -0.3 is 20.0 Å². The van der Waals surface area contributed by atoms with Gasteiger partial charge in [-0.25, -0.2) is 4.39 Å². The Morgan fingerprint density at radius 2 is 1.12 bits per heavy atom. The number of nitro benzene ring substituents is 2. The molecule has 0 aromatic heterocycles. The predicted molar refractivity (Wildman–Crippen MR) is 172 cm³/mol. The molecule has 2 fully saturated rings. The van der Waals surface area contributed by atoms with E-state index in [1.54, 1.807) is 12.1 Å². The minimum absolute atomic E-state index is 0.0959. The van der Waals surface area contributed by atoms with Crippen molar-refractivity contribution in [2.24, 2.45) is 11.8 Å². The molecule has 0 atom stereocenters. The lowest BCUT2D eigenvalue weighted by Crippen LogP contribution is -2.38. The number of hydrogen-bond acceptors (Lipinski definition) is 8. The third kappa shape index (κ3) is 13.4. The van der Waals surface area contributed by atoms with Gasteiger partial charge in [0.1, 0.15) is 5.82 Å². The fraction of sp³-hybridized carbons (Fsp3) is 0.625. The van der Waals surface area contributed by atoms with Gasteiger partial charge >= 0.3 is 0 Å². The summed E-state index contributed by atoms with van der Waals surface area (Å²) in [6.45, 7) is 20.7. The molecule has 0 saturated carbocycles. The van der Waals surface area contributed by atoms with Crippen LogP contribution < -0.4 is 10.2 Å². The first-order chi connectivity index (χ1) is 20.7. The molecule has 2 saturated heterocycles. The van der Waals surface area contributed by atoms with Gasteiger partial charge in [-0.3, -0.25) is 20.2 Å². The van der Waals surface area contributed by atoms with E-state index >= 15 is 0 Å². The maximum absolute atomic E-state index is 12.1. The van der Waals surface area contributed by atoms with Crippen LogP contribution in [0.5, 0.6) is 0 Å². The van der Waals surface area contributed by atoms with Crippen LogP contribution in [-0.2, 0) is 0 Å². The molecule has 43 heavy (non-hydrogen) atoms. The van der Waals surface area contributed by atoms with Crippen molar-refractivity contribution in [1.82, 2.24) is 15.1 Å². The van der Waals surface area contributed by atoms with E-state index in [1.165, 1.54) is 65.0 Å². The monoisotopic (exact) mass is 602 g/mol. The molecule has 2 aliphatic heterocycles. The van der Waals surface area contributed by atoms with Crippen LogP contribution in [0.25, 0.3) is 0 Å². The Morgan fingerprint density at radius 1 is 0.721 bits per heavy atom. The van der Waals surface area contributed by atoms with E-state index in [0.29, 0.717) is 0 Å². The van der Waals surface area contributed by atoms with Gasteiger partial charge in [-0.2, -0.15) is 0 Å². The van der Waals surface area contributed by atoms with E-state index in [4.69, 9.17) is 0 Å². The smallest absolute Gasteiger partial charge is 0.269 e. The van der Waals surface area contributed by atoms with Gasteiger partial charge in [-0.1, -0.05) is 27.7 Å². The lowest BCUT2D eigenvalue weighted by Gasteiger charge is -2.35. The molecule has 0 radical (unpaired) electrons. The van der Waals surface area contributed by atoms with Gasteiger partial charge in [0, 0.05) is 56.1 Å². The van der Waals surface area contributed by atoms with Crippen LogP contribution in [0.3, 0.4) is 0 Å². The summed E-state index contributed by atoms with van der Waals surface area (Å²) < 4.78 is 12.1. The summed E-state index contributed by atoms with van der Waals surface area (Å²) in [6, 6.07) is 11.3. The highest BCUT2D eigenvalue weighted by Gasteiger charge is 2.21. The highest BCUT2D eigenvalue weighted by Crippen LogP contribution is 2.25. The number of piperidine rings is 2. The van der Waals surface area contributed by atoms with Crippen LogP contribution in [0.1, 0.15) is 53.4 Å². The van der Waals surface area contributed by atoms with Crippen LogP contribution in [0, 0.1) is 37.9 Å². The normalized spacial score (nSPS) is 15.8. The first-order valence-electron chi connectivity index (χ1n) is 15.7. The van der Waals surface area contributed by atoms with Crippen molar-refractivity contribution in [1.29, 1.82) is 0 Å². The molecule has 2 aromatic carbocycles. The fourth-order valence-electron chi connectivity index (χ4n) is 5.48. The Bertz CT molecular complexity index is 1050. The van der Waals surface area contributed by atoms with E-state index in [9.17, 15) is 24.6 Å². The van der Waals surface area contributed by atoms with Gasteiger partial charge in [0.25, 0.3) is 11.4 Å². The SMILES string of the molecule is CCN(CC)CC1CCN(c2ccc([N+](=O)[O-])cc2)CC1.CCN(CC)CC1CCNCC1.O=[N+]([O-])c1ccc(F)cc1. The van der Waals surface area contributed by atoms with Gasteiger partial charge in [0.05, 0.1) is 9.85 Å². The van der Waals surface area contributed by atoms with E-state index < -0.39 is 10.7 Å². The lowest BCUT2D eigenvalue weighted by molar-refractivity contribution is -0.385. The predicted octanol–water partition coefficient (Wildman–Crippen LogP) is 6.21. The highest BCUT2D eigenvalue weighted by atomic mass is 19.1. The standard InChI is InChI=1S/C16H25N3O2.C10H22N2.C6H4FNO2/c1-3-17(4-2)13-14-9-11-18(12-10-14)15-5-7-16(8-6-15)19(20)21;1-3-12(4-2)9-10-5-7-11-8-6-10;7-5-1-3-6(4-2-5)8(9)10/h5-8,14H,3-4,9-13H2,1-2H3;10-11H,3-9H2,1-2H3;1-4H. The number of nitrogens with one attached hydrogen (secondary N) is 1. The number of benzene rings is 2. The van der Waals surface area contributed by atoms with E-state index in [1.807, 2.05) is 12.1 Å². The largest absolute Gasteiger partial charge is 0.372 e. The number of anilines is 1. The van der Waals surface area contributed by atoms with Crippen molar-refractivity contribution in [2.45, 2.75) is 53.4 Å². The van der Waals surface area contributed by atoms with Crippen LogP contribution >= 0.6 is 0 Å². The topological polar surface area (TPSA) is 108 Å². The number of non-ortho nitro benzene ring substituents is 2. The quantitative estimate of drug-likeness (QED) is 0.239. The molecule has 0 spiro atoms. The van der Waals surface area contributed by atoms with E-state index in [-0.39, 0.29) is 16.3 Å². The number of hydrogen-bond donors (Lipinski definition) is 1. The first kappa shape index (κ1) is 36.0. The van der Waals surface area contributed by atoms with Gasteiger partial charge in [-0.15, -0.1) is 0 Å². The number of nitrogens with zero attached hydrogens (tertiary/aromatic N) is 5. The Balaban J connectivity index is 0.000000248. The summed E-state index contributed by atoms with van der Waals surface area (Å²) in [6.07, 6.45) is 5.15. The molecule has 0 bridgehead atoms.